The van der Waals surface area contributed by atoms with E-state index in [2.05, 4.69) is 5.32 Å². The van der Waals surface area contributed by atoms with Crippen LogP contribution in [0, 0.1) is 0 Å². The van der Waals surface area contributed by atoms with Crippen molar-refractivity contribution in [1.82, 2.24) is 10.6 Å². The highest BCUT2D eigenvalue weighted by Crippen LogP contribution is 1.96. The number of nitrogens with two attached hydrogens (primary N) is 1. The molecule has 0 spiro atoms. The highest BCUT2D eigenvalue weighted by Gasteiger charge is 2.27. The molecule has 0 rings (SSSR count). The van der Waals surface area contributed by atoms with Crippen molar-refractivity contribution in [3.63, 3.8) is 0 Å². The summed E-state index contributed by atoms with van der Waals surface area (Å²) in [7, 11) is 0. The largest absolute Gasteiger partial charge is 0.481 e. The molecule has 0 aliphatic carbocycles. The Labute approximate surface area is 120 Å². The summed E-state index contributed by atoms with van der Waals surface area (Å²) in [6.07, 6.45) is -1.92. The van der Waals surface area contributed by atoms with Gasteiger partial charge in [-0.1, -0.05) is 0 Å². The molecule has 4 unspecified atom stereocenters. The molecule has 0 fully saturated rings. The Bertz CT molecular complexity index is 424. The molecule has 21 heavy (non-hydrogen) atoms. The van der Waals surface area contributed by atoms with Crippen molar-refractivity contribution >= 4 is 23.8 Å². The summed E-state index contributed by atoms with van der Waals surface area (Å²) in [6.45, 7) is 2.56. The average Bonchev–Trinajstić information content (AvgIpc) is 2.35. The molecule has 2 amide bonds. The van der Waals surface area contributed by atoms with Crippen LogP contribution in [-0.2, 0) is 19.2 Å². The first-order valence-corrected chi connectivity index (χ1v) is 6.05. The second-order valence-corrected chi connectivity index (χ2v) is 4.49. The number of hydrogen-bond donors (Lipinski definition) is 6. The lowest BCUT2D eigenvalue weighted by Gasteiger charge is -2.20. The molecule has 0 aromatic carbocycles. The third-order valence-electron chi connectivity index (χ3n) is 2.57. The number of carbonyl (C=O) groups excluding carboxylic acids is 2. The van der Waals surface area contributed by atoms with Gasteiger partial charge in [0.2, 0.25) is 11.8 Å². The lowest BCUT2D eigenvalue weighted by atomic mass is 10.1. The second-order valence-electron chi connectivity index (χ2n) is 4.49. The molecule has 10 heteroatoms. The third kappa shape index (κ3) is 6.68. The first kappa shape index (κ1) is 18.8. The molecule has 0 aliphatic rings. The predicted octanol–water partition coefficient (Wildman–Crippen LogP) is -2.76. The average molecular weight is 305 g/mol. The second kappa shape index (κ2) is 8.17. The molecule has 0 bridgehead atoms. The van der Waals surface area contributed by atoms with E-state index in [1.807, 2.05) is 5.32 Å². The standard InChI is InChI=1S/C11H19N3O7/c1-4(13-10(19)8(12)5(2)15)9(18)14-6(11(20)21)3-7(16)17/h4-6,8,15H,3,12H2,1-2H3,(H,13,19)(H,14,18)(H,16,17)(H,20,21). The summed E-state index contributed by atoms with van der Waals surface area (Å²) in [6, 6.07) is -3.99. The van der Waals surface area contributed by atoms with Crippen molar-refractivity contribution in [2.75, 3.05) is 0 Å². The van der Waals surface area contributed by atoms with Gasteiger partial charge in [-0.05, 0) is 13.8 Å². The minimum Gasteiger partial charge on any atom is -0.481 e. The maximum absolute atomic E-state index is 11.7. The first-order valence-electron chi connectivity index (χ1n) is 6.05. The van der Waals surface area contributed by atoms with Crippen LogP contribution < -0.4 is 16.4 Å². The molecule has 0 aromatic rings. The van der Waals surface area contributed by atoms with Crippen LogP contribution in [0.3, 0.4) is 0 Å². The van der Waals surface area contributed by atoms with Gasteiger partial charge in [0.1, 0.15) is 18.1 Å². The van der Waals surface area contributed by atoms with Gasteiger partial charge in [0.25, 0.3) is 0 Å². The number of nitrogens with one attached hydrogen (secondary N) is 2. The maximum Gasteiger partial charge on any atom is 0.326 e. The monoisotopic (exact) mass is 305 g/mol. The van der Waals surface area contributed by atoms with E-state index in [4.69, 9.17) is 21.1 Å². The first-order chi connectivity index (χ1) is 9.56. The smallest absolute Gasteiger partial charge is 0.326 e. The summed E-state index contributed by atoms with van der Waals surface area (Å²) in [5, 5.41) is 30.6. The molecule has 0 saturated carbocycles. The fourth-order valence-corrected chi connectivity index (χ4v) is 1.27. The van der Waals surface area contributed by atoms with Crippen molar-refractivity contribution in [3.8, 4) is 0 Å². The van der Waals surface area contributed by atoms with E-state index < -0.39 is 54.4 Å². The molecular weight excluding hydrogens is 286 g/mol. The van der Waals surface area contributed by atoms with Gasteiger partial charge in [-0.25, -0.2) is 4.79 Å². The zero-order valence-corrected chi connectivity index (χ0v) is 11.6. The van der Waals surface area contributed by atoms with Gasteiger partial charge in [-0.2, -0.15) is 0 Å². The zero-order chi connectivity index (χ0) is 16.7. The maximum atomic E-state index is 11.7. The van der Waals surface area contributed by atoms with Gasteiger partial charge in [-0.15, -0.1) is 0 Å². The van der Waals surface area contributed by atoms with E-state index in [1.165, 1.54) is 13.8 Å². The van der Waals surface area contributed by atoms with Crippen molar-refractivity contribution in [1.29, 1.82) is 0 Å². The Kier molecular flexibility index (Phi) is 7.31. The van der Waals surface area contributed by atoms with E-state index >= 15 is 0 Å². The summed E-state index contributed by atoms with van der Waals surface area (Å²) < 4.78 is 0. The van der Waals surface area contributed by atoms with Crippen molar-refractivity contribution < 1.29 is 34.5 Å². The molecule has 0 heterocycles. The molecule has 0 radical (unpaired) electrons. The Morgan fingerprint density at radius 3 is 1.95 bits per heavy atom. The van der Waals surface area contributed by atoms with Gasteiger partial charge < -0.3 is 31.7 Å². The fraction of sp³-hybridized carbons (Fsp3) is 0.636. The summed E-state index contributed by atoms with van der Waals surface area (Å²) in [5.74, 6) is -4.58. The lowest BCUT2D eigenvalue weighted by Crippen LogP contribution is -2.55. The topological polar surface area (TPSA) is 179 Å². The molecule has 0 saturated heterocycles. The highest BCUT2D eigenvalue weighted by atomic mass is 16.4. The van der Waals surface area contributed by atoms with Gasteiger partial charge >= 0.3 is 11.9 Å². The number of hydrogen-bond acceptors (Lipinski definition) is 6. The van der Waals surface area contributed by atoms with Crippen LogP contribution in [0.4, 0.5) is 0 Å². The minimum atomic E-state index is -1.61. The van der Waals surface area contributed by atoms with Crippen molar-refractivity contribution in [2.45, 2.75) is 44.5 Å². The normalized spacial score (nSPS) is 16.2. The number of carboxylic acids is 2. The quantitative estimate of drug-likeness (QED) is 0.279. The number of carbonyl (C=O) groups is 4. The highest BCUT2D eigenvalue weighted by molar-refractivity contribution is 5.92. The number of aliphatic carboxylic acids is 2. The van der Waals surface area contributed by atoms with Crippen LogP contribution >= 0.6 is 0 Å². The van der Waals surface area contributed by atoms with Gasteiger partial charge in [-0.3, -0.25) is 14.4 Å². The number of carboxylic acid groups (broad SMARTS) is 2. The summed E-state index contributed by atoms with van der Waals surface area (Å²) in [4.78, 5) is 44.5. The van der Waals surface area contributed by atoms with Crippen LogP contribution in [0.5, 0.6) is 0 Å². The molecule has 0 aromatic heterocycles. The molecule has 0 aliphatic heterocycles. The van der Waals surface area contributed by atoms with Crippen molar-refractivity contribution in [3.05, 3.63) is 0 Å². The van der Waals surface area contributed by atoms with Crippen LogP contribution in [0.15, 0.2) is 0 Å². The zero-order valence-electron chi connectivity index (χ0n) is 11.6. The van der Waals surface area contributed by atoms with Crippen molar-refractivity contribution in [2.24, 2.45) is 5.73 Å². The number of aliphatic hydroxyl groups is 1. The summed E-state index contributed by atoms with van der Waals surface area (Å²) in [5.41, 5.74) is 5.36. The Morgan fingerprint density at radius 1 is 1.05 bits per heavy atom. The number of amides is 2. The molecule has 4 atom stereocenters. The fourth-order valence-electron chi connectivity index (χ4n) is 1.27. The van der Waals surface area contributed by atoms with Crippen LogP contribution in [0.2, 0.25) is 0 Å². The SMILES string of the molecule is CC(NC(=O)C(N)C(C)O)C(=O)NC(CC(=O)O)C(=O)O. The number of aliphatic hydroxyl groups excluding tert-OH is 1. The van der Waals surface area contributed by atoms with E-state index in [-0.39, 0.29) is 0 Å². The van der Waals surface area contributed by atoms with Crippen LogP contribution in [-0.4, -0.2) is 63.3 Å². The van der Waals surface area contributed by atoms with E-state index in [1.54, 1.807) is 0 Å². The summed E-state index contributed by atoms with van der Waals surface area (Å²) >= 11 is 0. The third-order valence-corrected chi connectivity index (χ3v) is 2.57. The van der Waals surface area contributed by atoms with Gasteiger partial charge in [0, 0.05) is 0 Å². The minimum absolute atomic E-state index is 0.794. The van der Waals surface area contributed by atoms with Crippen LogP contribution in [0.25, 0.3) is 0 Å². The van der Waals surface area contributed by atoms with E-state index in [0.29, 0.717) is 0 Å². The van der Waals surface area contributed by atoms with E-state index in [0.717, 1.165) is 0 Å². The van der Waals surface area contributed by atoms with Crippen LogP contribution in [0.1, 0.15) is 20.3 Å². The van der Waals surface area contributed by atoms with Gasteiger partial charge in [0.15, 0.2) is 0 Å². The Morgan fingerprint density at radius 2 is 1.57 bits per heavy atom. The molecule has 10 nitrogen and oxygen atoms in total. The Hall–Kier alpha value is -2.20. The number of rotatable bonds is 8. The van der Waals surface area contributed by atoms with E-state index in [9.17, 15) is 19.2 Å². The molecular formula is C11H19N3O7. The lowest BCUT2D eigenvalue weighted by molar-refractivity contribution is -0.147. The van der Waals surface area contributed by atoms with Gasteiger partial charge in [0.05, 0.1) is 12.5 Å². The predicted molar refractivity (Wildman–Crippen MR) is 69.1 cm³/mol. The Balaban J connectivity index is 4.59. The molecule has 7 N–H and O–H groups in total. The molecule has 120 valence electrons.